The van der Waals surface area contributed by atoms with E-state index in [4.69, 9.17) is 4.74 Å². The van der Waals surface area contributed by atoms with Crippen LogP contribution in [-0.4, -0.2) is 51.9 Å². The fourth-order valence-electron chi connectivity index (χ4n) is 2.89. The molecule has 1 N–H and O–H groups in total. The van der Waals surface area contributed by atoms with E-state index in [9.17, 15) is 4.79 Å². The van der Waals surface area contributed by atoms with E-state index in [1.165, 1.54) is 0 Å². The Hall–Kier alpha value is -1.40. The maximum absolute atomic E-state index is 12.3. The number of hydrogen-bond donors (Lipinski definition) is 1. The number of carbonyl (C=O) groups excluding carboxylic acids is 1. The molecule has 0 aromatic carbocycles. The Morgan fingerprint density at radius 2 is 2.13 bits per heavy atom. The molecule has 0 saturated carbocycles. The molecule has 1 aliphatic heterocycles. The van der Waals surface area contributed by atoms with Crippen molar-refractivity contribution in [3.63, 3.8) is 0 Å². The molecule has 2 heterocycles. The van der Waals surface area contributed by atoms with Crippen molar-refractivity contribution in [1.29, 1.82) is 0 Å². The van der Waals surface area contributed by atoms with Crippen molar-refractivity contribution in [3.05, 3.63) is 17.5 Å². The third-order valence-electron chi connectivity index (χ3n) is 4.45. The third-order valence-corrected chi connectivity index (χ3v) is 4.45. The zero-order valence-corrected chi connectivity index (χ0v) is 15.2. The third kappa shape index (κ3) is 4.78. The number of aryl methyl sites for hydroxylation is 1. The number of nitrogens with zero attached hydrogens (tertiary/aromatic N) is 3. The van der Waals surface area contributed by atoms with Crippen LogP contribution < -0.4 is 5.32 Å². The number of rotatable bonds is 4. The zero-order chi connectivity index (χ0) is 17.2. The molecule has 2 atom stereocenters. The summed E-state index contributed by atoms with van der Waals surface area (Å²) in [6.45, 7) is 9.61. The molecule has 0 spiro atoms. The van der Waals surface area contributed by atoms with Gasteiger partial charge < -0.3 is 15.0 Å². The molecule has 1 aromatic rings. The SMILES string of the molecule is CC1CC(NCc2c(C(=O)OC(C)(C)C)cnn2C)CCN1C. The molecule has 130 valence electrons. The lowest BCUT2D eigenvalue weighted by molar-refractivity contribution is 0.00678. The monoisotopic (exact) mass is 322 g/mol. The largest absolute Gasteiger partial charge is 0.456 e. The van der Waals surface area contributed by atoms with E-state index >= 15 is 0 Å². The van der Waals surface area contributed by atoms with Gasteiger partial charge in [0, 0.05) is 25.7 Å². The Morgan fingerprint density at radius 3 is 2.74 bits per heavy atom. The van der Waals surface area contributed by atoms with Crippen molar-refractivity contribution in [1.82, 2.24) is 20.0 Å². The van der Waals surface area contributed by atoms with Gasteiger partial charge in [0.1, 0.15) is 11.2 Å². The highest BCUT2D eigenvalue weighted by molar-refractivity contribution is 5.90. The number of likely N-dealkylation sites (tertiary alicyclic amines) is 1. The van der Waals surface area contributed by atoms with Gasteiger partial charge in [0.05, 0.1) is 11.9 Å². The van der Waals surface area contributed by atoms with Gasteiger partial charge in [-0.2, -0.15) is 5.10 Å². The Labute approximate surface area is 139 Å². The van der Waals surface area contributed by atoms with Crippen LogP contribution in [0.5, 0.6) is 0 Å². The van der Waals surface area contributed by atoms with Crippen LogP contribution in [0.1, 0.15) is 56.6 Å². The quantitative estimate of drug-likeness (QED) is 0.859. The lowest BCUT2D eigenvalue weighted by Gasteiger charge is -2.35. The van der Waals surface area contributed by atoms with Gasteiger partial charge in [-0.05, 0) is 54.1 Å². The molecule has 23 heavy (non-hydrogen) atoms. The average molecular weight is 322 g/mol. The van der Waals surface area contributed by atoms with E-state index in [2.05, 4.69) is 29.3 Å². The van der Waals surface area contributed by atoms with E-state index in [0.717, 1.165) is 25.1 Å². The molecule has 1 fully saturated rings. The van der Waals surface area contributed by atoms with Gasteiger partial charge in [0.25, 0.3) is 0 Å². The number of carbonyl (C=O) groups is 1. The molecular weight excluding hydrogens is 292 g/mol. The van der Waals surface area contributed by atoms with Crippen LogP contribution in [0, 0.1) is 0 Å². The Kier molecular flexibility index (Phi) is 5.47. The van der Waals surface area contributed by atoms with Gasteiger partial charge in [0.15, 0.2) is 0 Å². The van der Waals surface area contributed by atoms with Crippen molar-refractivity contribution in [2.24, 2.45) is 7.05 Å². The predicted molar refractivity (Wildman–Crippen MR) is 90.3 cm³/mol. The Morgan fingerprint density at radius 1 is 1.43 bits per heavy atom. The maximum atomic E-state index is 12.3. The van der Waals surface area contributed by atoms with Gasteiger partial charge in [0.2, 0.25) is 0 Å². The number of piperidine rings is 1. The van der Waals surface area contributed by atoms with Crippen molar-refractivity contribution < 1.29 is 9.53 Å². The summed E-state index contributed by atoms with van der Waals surface area (Å²) in [4.78, 5) is 14.7. The van der Waals surface area contributed by atoms with Gasteiger partial charge >= 0.3 is 5.97 Å². The summed E-state index contributed by atoms with van der Waals surface area (Å²) in [6, 6.07) is 1.06. The second-order valence-corrected chi connectivity index (χ2v) is 7.56. The molecule has 1 aromatic heterocycles. The van der Waals surface area contributed by atoms with Crippen molar-refractivity contribution in [2.45, 2.75) is 64.8 Å². The lowest BCUT2D eigenvalue weighted by Crippen LogP contribution is -2.45. The summed E-state index contributed by atoms with van der Waals surface area (Å²) >= 11 is 0. The molecule has 6 heteroatoms. The highest BCUT2D eigenvalue weighted by atomic mass is 16.6. The van der Waals surface area contributed by atoms with Crippen LogP contribution in [0.25, 0.3) is 0 Å². The molecule has 0 aliphatic carbocycles. The van der Waals surface area contributed by atoms with E-state index in [-0.39, 0.29) is 5.97 Å². The topological polar surface area (TPSA) is 59.4 Å². The molecular formula is C17H30N4O2. The van der Waals surface area contributed by atoms with Gasteiger partial charge in [-0.15, -0.1) is 0 Å². The highest BCUT2D eigenvalue weighted by Gasteiger charge is 2.25. The van der Waals surface area contributed by atoms with Crippen LogP contribution in [0.15, 0.2) is 6.20 Å². The minimum absolute atomic E-state index is 0.306. The first kappa shape index (κ1) is 17.9. The number of ether oxygens (including phenoxy) is 1. The Balaban J connectivity index is 2.00. The smallest absolute Gasteiger partial charge is 0.342 e. The Bertz CT molecular complexity index is 547. The van der Waals surface area contributed by atoms with E-state index < -0.39 is 5.60 Å². The fraction of sp³-hybridized carbons (Fsp3) is 0.765. The molecule has 0 radical (unpaired) electrons. The first-order valence-corrected chi connectivity index (χ1v) is 8.35. The van der Waals surface area contributed by atoms with E-state index in [0.29, 0.717) is 24.2 Å². The number of esters is 1. The predicted octanol–water partition coefficient (Wildman–Crippen LogP) is 1.95. The summed E-state index contributed by atoms with van der Waals surface area (Å²) in [6.07, 6.45) is 3.85. The summed E-state index contributed by atoms with van der Waals surface area (Å²) < 4.78 is 7.23. The van der Waals surface area contributed by atoms with E-state index in [1.54, 1.807) is 10.9 Å². The minimum atomic E-state index is -0.499. The van der Waals surface area contributed by atoms with Gasteiger partial charge in [-0.1, -0.05) is 0 Å². The second-order valence-electron chi connectivity index (χ2n) is 7.56. The van der Waals surface area contributed by atoms with Crippen LogP contribution in [-0.2, 0) is 18.3 Å². The van der Waals surface area contributed by atoms with Crippen LogP contribution >= 0.6 is 0 Å². The minimum Gasteiger partial charge on any atom is -0.456 e. The molecule has 6 nitrogen and oxygen atoms in total. The number of nitrogens with one attached hydrogen (secondary N) is 1. The molecule has 1 saturated heterocycles. The second kappa shape index (κ2) is 7.01. The van der Waals surface area contributed by atoms with Crippen molar-refractivity contribution >= 4 is 5.97 Å². The van der Waals surface area contributed by atoms with Crippen molar-refractivity contribution in [2.75, 3.05) is 13.6 Å². The summed E-state index contributed by atoms with van der Waals surface area (Å²) in [5.74, 6) is -0.306. The molecule has 1 aliphatic rings. The highest BCUT2D eigenvalue weighted by Crippen LogP contribution is 2.18. The molecule has 2 rings (SSSR count). The van der Waals surface area contributed by atoms with Crippen LogP contribution in [0.2, 0.25) is 0 Å². The van der Waals surface area contributed by atoms with Crippen LogP contribution in [0.3, 0.4) is 0 Å². The molecule has 0 amide bonds. The standard InChI is InChI=1S/C17H30N4O2/c1-12-9-13(7-8-20(12)5)18-11-15-14(10-19-21(15)6)16(22)23-17(2,3)4/h10,12-13,18H,7-9,11H2,1-6H3. The summed E-state index contributed by atoms with van der Waals surface area (Å²) in [5.41, 5.74) is 0.933. The number of hydrogen-bond acceptors (Lipinski definition) is 5. The lowest BCUT2D eigenvalue weighted by atomic mass is 9.99. The first-order valence-electron chi connectivity index (χ1n) is 8.35. The van der Waals surface area contributed by atoms with E-state index in [1.807, 2.05) is 27.8 Å². The van der Waals surface area contributed by atoms with Crippen molar-refractivity contribution in [3.8, 4) is 0 Å². The zero-order valence-electron chi connectivity index (χ0n) is 15.2. The molecule has 2 unspecified atom stereocenters. The summed E-state index contributed by atoms with van der Waals surface area (Å²) in [7, 11) is 4.03. The van der Waals surface area contributed by atoms with Gasteiger partial charge in [-0.3, -0.25) is 4.68 Å². The van der Waals surface area contributed by atoms with Crippen LogP contribution in [0.4, 0.5) is 0 Å². The molecule has 0 bridgehead atoms. The summed E-state index contributed by atoms with van der Waals surface area (Å²) in [5, 5.41) is 7.80. The maximum Gasteiger partial charge on any atom is 0.342 e. The first-order chi connectivity index (χ1) is 10.7. The van der Waals surface area contributed by atoms with Gasteiger partial charge in [-0.25, -0.2) is 4.79 Å². The number of aromatic nitrogens is 2. The average Bonchev–Trinajstić information content (AvgIpc) is 2.79. The fourth-order valence-corrected chi connectivity index (χ4v) is 2.89. The normalized spacial score (nSPS) is 23.0.